The summed E-state index contributed by atoms with van der Waals surface area (Å²) in [5.41, 5.74) is 6.39. The second-order valence-corrected chi connectivity index (χ2v) is 13.6. The lowest BCUT2D eigenvalue weighted by atomic mass is 9.76. The van der Waals surface area contributed by atoms with Crippen molar-refractivity contribution >= 4 is 23.5 Å². The van der Waals surface area contributed by atoms with E-state index >= 15 is 8.78 Å². The molecule has 8 rings (SSSR count). The molecule has 0 bridgehead atoms. The van der Waals surface area contributed by atoms with Crippen LogP contribution < -0.4 is 10.9 Å². The number of carbonyl (C=O) groups is 2. The number of carboxylic acid groups (broad SMARTS) is 1. The number of hydrazine groups is 1. The van der Waals surface area contributed by atoms with Crippen LogP contribution in [0, 0.1) is 23.0 Å². The van der Waals surface area contributed by atoms with Crippen LogP contribution in [0.5, 0.6) is 0 Å². The van der Waals surface area contributed by atoms with E-state index in [2.05, 4.69) is 16.0 Å². The molecule has 3 aliphatic carbocycles. The molecule has 3 unspecified atom stereocenters. The highest BCUT2D eigenvalue weighted by Gasteiger charge is 2.67. The van der Waals surface area contributed by atoms with Gasteiger partial charge in [-0.25, -0.2) is 22.4 Å². The summed E-state index contributed by atoms with van der Waals surface area (Å²) in [6.07, 6.45) is 1.16. The number of ketones is 1. The van der Waals surface area contributed by atoms with Crippen molar-refractivity contribution in [1.82, 2.24) is 20.2 Å². The summed E-state index contributed by atoms with van der Waals surface area (Å²) < 4.78 is 88.0. The van der Waals surface area contributed by atoms with Crippen LogP contribution in [-0.2, 0) is 23.7 Å². The van der Waals surface area contributed by atoms with Gasteiger partial charge >= 0.3 is 5.97 Å². The number of halogens is 6. The van der Waals surface area contributed by atoms with Crippen molar-refractivity contribution in [2.45, 2.75) is 62.8 Å². The van der Waals surface area contributed by atoms with Gasteiger partial charge in [0, 0.05) is 41.6 Å². The molecule has 3 N–H and O–H groups in total. The van der Waals surface area contributed by atoms with E-state index < -0.39 is 76.8 Å². The Hall–Kier alpha value is -5.14. The lowest BCUT2D eigenvalue weighted by molar-refractivity contribution is -0.121. The summed E-state index contributed by atoms with van der Waals surface area (Å²) in [6.45, 7) is -0.642. The van der Waals surface area contributed by atoms with Gasteiger partial charge in [0.15, 0.2) is 5.78 Å². The van der Waals surface area contributed by atoms with Gasteiger partial charge in [0.25, 0.3) is 12.3 Å². The van der Waals surface area contributed by atoms with Crippen LogP contribution in [0.15, 0.2) is 54.7 Å². The predicted molar refractivity (Wildman–Crippen MR) is 168 cm³/mol. The molecule has 2 fully saturated rings. The number of anilines is 1. The quantitative estimate of drug-likeness (QED) is 0.138. The molecular weight excluding hydrogens is 664 g/mol. The molecular formula is C36H29F6N5O3. The maximum absolute atomic E-state index is 15.3. The van der Waals surface area contributed by atoms with Gasteiger partial charge in [-0.05, 0) is 84.6 Å². The third-order valence-electron chi connectivity index (χ3n) is 10.4. The monoisotopic (exact) mass is 693 g/mol. The zero-order chi connectivity index (χ0) is 35.1. The molecule has 2 saturated carbocycles. The van der Waals surface area contributed by atoms with E-state index in [4.69, 9.17) is 4.98 Å². The van der Waals surface area contributed by atoms with Gasteiger partial charge in [-0.2, -0.15) is 13.9 Å². The Bertz CT molecular complexity index is 2090. The molecule has 258 valence electrons. The molecule has 4 aliphatic rings. The highest BCUT2D eigenvalue weighted by Crippen LogP contribution is 2.68. The predicted octanol–water partition coefficient (Wildman–Crippen LogP) is 7.73. The van der Waals surface area contributed by atoms with Crippen LogP contribution >= 0.6 is 0 Å². The third-order valence-corrected chi connectivity index (χ3v) is 10.4. The first-order chi connectivity index (χ1) is 23.8. The standard InChI is InChI=1S/C36H29F6N5O3/c37-20-8-17(9-21(38)12-20)10-26(30-23(14-28-27(44-30)4-7-43-45-28)18-2-1-3-19(11-18)34(49)50)35(5-6-35)15-22(48)16-47-32-29(31(46-47)33(39)40)24-13-25(24)36(32,41)42/h1-4,7-9,11-12,14,24-26,33,43,45H,5-6,10,13,15-16H2,(H,49,50). The summed E-state index contributed by atoms with van der Waals surface area (Å²) in [4.78, 5) is 30.7. The minimum Gasteiger partial charge on any atom is -0.478 e. The van der Waals surface area contributed by atoms with Crippen LogP contribution in [0.2, 0.25) is 0 Å². The number of hydrogen-bond donors (Lipinski definition) is 3. The van der Waals surface area contributed by atoms with Gasteiger partial charge < -0.3 is 10.5 Å². The molecule has 0 saturated heterocycles. The molecule has 50 heavy (non-hydrogen) atoms. The number of nitrogens with one attached hydrogen (secondary N) is 2. The number of alkyl halides is 4. The number of carbonyl (C=O) groups excluding carboxylic acids is 1. The Labute approximate surface area is 281 Å². The number of aromatic carboxylic acids is 1. The maximum Gasteiger partial charge on any atom is 0.335 e. The average Bonchev–Trinajstić information content (AvgIpc) is 3.98. The van der Waals surface area contributed by atoms with Crippen LogP contribution in [0.4, 0.5) is 32.0 Å². The zero-order valence-corrected chi connectivity index (χ0v) is 26.2. The van der Waals surface area contributed by atoms with E-state index in [0.29, 0.717) is 41.0 Å². The average molecular weight is 694 g/mol. The van der Waals surface area contributed by atoms with Crippen molar-refractivity contribution in [3.05, 3.63) is 106 Å². The molecule has 0 radical (unpaired) electrons. The van der Waals surface area contributed by atoms with Gasteiger partial charge in [-0.3, -0.25) is 19.9 Å². The Morgan fingerprint density at radius 2 is 1.80 bits per heavy atom. The van der Waals surface area contributed by atoms with Gasteiger partial charge in [0.1, 0.15) is 29.6 Å². The van der Waals surface area contributed by atoms with Crippen molar-refractivity contribution < 1.29 is 41.0 Å². The van der Waals surface area contributed by atoms with Crippen molar-refractivity contribution in [2.75, 3.05) is 5.43 Å². The van der Waals surface area contributed by atoms with Crippen molar-refractivity contribution in [3.63, 3.8) is 0 Å². The number of hydrogen-bond acceptors (Lipinski definition) is 6. The summed E-state index contributed by atoms with van der Waals surface area (Å²) in [5, 5.41) is 13.5. The Morgan fingerprint density at radius 3 is 2.50 bits per heavy atom. The number of pyridine rings is 1. The number of benzene rings is 2. The van der Waals surface area contributed by atoms with Crippen molar-refractivity contribution in [3.8, 4) is 11.1 Å². The van der Waals surface area contributed by atoms with Crippen LogP contribution in [0.25, 0.3) is 17.2 Å². The number of nitrogens with zero attached hydrogens (tertiary/aromatic N) is 3. The fraction of sp³-hybridized carbons (Fsp3) is 0.333. The largest absolute Gasteiger partial charge is 0.478 e. The number of Topliss-reactive ketones (excluding diaryl/α,β-unsaturated/α-hetero) is 1. The third kappa shape index (κ3) is 5.41. The van der Waals surface area contributed by atoms with Crippen LogP contribution in [0.3, 0.4) is 0 Å². The van der Waals surface area contributed by atoms with Crippen LogP contribution in [-0.4, -0.2) is 31.6 Å². The first-order valence-electron chi connectivity index (χ1n) is 16.1. The van der Waals surface area contributed by atoms with E-state index in [1.54, 1.807) is 30.5 Å². The summed E-state index contributed by atoms with van der Waals surface area (Å²) in [5.74, 6) is -9.10. The van der Waals surface area contributed by atoms with Crippen molar-refractivity contribution in [1.29, 1.82) is 0 Å². The fourth-order valence-electron chi connectivity index (χ4n) is 7.90. The summed E-state index contributed by atoms with van der Waals surface area (Å²) in [7, 11) is 0. The minimum atomic E-state index is -3.38. The Balaban J connectivity index is 1.21. The van der Waals surface area contributed by atoms with Gasteiger partial charge in [0.05, 0.1) is 22.6 Å². The SMILES string of the molecule is O=C(Cn1nc(C(F)F)c2c1C(F)(F)C1CC21)CC1(C(Cc2cc(F)cc(F)c2)c2nc3c(cc2-c2cccc(C(=O)O)c2)NNC=C3)CC1. The van der Waals surface area contributed by atoms with Gasteiger partial charge in [0.2, 0.25) is 0 Å². The number of rotatable bonds is 11. The molecule has 3 heterocycles. The lowest BCUT2D eigenvalue weighted by Crippen LogP contribution is -2.27. The number of aromatic nitrogens is 3. The topological polar surface area (TPSA) is 109 Å². The summed E-state index contributed by atoms with van der Waals surface area (Å²) >= 11 is 0. The van der Waals surface area contributed by atoms with Gasteiger partial charge in [-0.15, -0.1) is 0 Å². The van der Waals surface area contributed by atoms with E-state index in [1.807, 2.05) is 0 Å². The van der Waals surface area contributed by atoms with Crippen LogP contribution in [0.1, 0.15) is 88.2 Å². The van der Waals surface area contributed by atoms with E-state index in [9.17, 15) is 32.3 Å². The smallest absolute Gasteiger partial charge is 0.335 e. The Morgan fingerprint density at radius 1 is 1.04 bits per heavy atom. The minimum absolute atomic E-state index is 0.0153. The Kier molecular flexibility index (Phi) is 7.35. The fourth-order valence-corrected chi connectivity index (χ4v) is 7.90. The molecule has 14 heteroatoms. The number of carboxylic acids is 1. The van der Waals surface area contributed by atoms with E-state index in [1.165, 1.54) is 24.3 Å². The van der Waals surface area contributed by atoms with E-state index in [0.717, 1.165) is 10.7 Å². The first kappa shape index (κ1) is 32.1. The first-order valence-corrected chi connectivity index (χ1v) is 16.1. The second kappa shape index (κ2) is 11.5. The molecule has 2 aromatic heterocycles. The highest BCUT2D eigenvalue weighted by atomic mass is 19.3. The lowest BCUT2D eigenvalue weighted by Gasteiger charge is -2.30. The molecule has 0 spiro atoms. The van der Waals surface area contributed by atoms with Gasteiger partial charge in [-0.1, -0.05) is 12.1 Å². The van der Waals surface area contributed by atoms with Crippen molar-refractivity contribution in [2.24, 2.45) is 11.3 Å². The highest BCUT2D eigenvalue weighted by molar-refractivity contribution is 5.90. The molecule has 1 aliphatic heterocycles. The zero-order valence-electron chi connectivity index (χ0n) is 26.2. The molecule has 4 aromatic rings. The second-order valence-electron chi connectivity index (χ2n) is 13.6. The van der Waals surface area contributed by atoms with E-state index in [-0.39, 0.29) is 36.0 Å². The summed E-state index contributed by atoms with van der Waals surface area (Å²) in [6, 6.07) is 11.1. The normalized spacial score (nSPS) is 20.7. The molecule has 0 amide bonds. The molecule has 2 aromatic carbocycles. The number of fused-ring (bicyclic) bond motifs is 4. The molecule has 3 atom stereocenters. The molecule has 8 nitrogen and oxygen atoms in total. The maximum atomic E-state index is 15.3.